The van der Waals surface area contributed by atoms with Crippen molar-refractivity contribution in [2.45, 2.75) is 0 Å². The number of carbonyl (C=O) groups excluding carboxylic acids is 1. The summed E-state index contributed by atoms with van der Waals surface area (Å²) in [5, 5.41) is 5.81. The van der Waals surface area contributed by atoms with Crippen LogP contribution in [0.15, 0.2) is 54.7 Å². The standard InChI is InChI=1S/C20H13Cl2FN4O3S/c1-31(29,30)26-20(28)11-2-7-18(24-10-11)27-17-6-4-12(21)8-15(17)19(25-27)14-5-3-13(22)9-16(14)23/h2-10H,1H3,(H,26,28). The van der Waals surface area contributed by atoms with Gasteiger partial charge in [0.05, 0.1) is 17.3 Å². The number of rotatable bonds is 4. The van der Waals surface area contributed by atoms with Gasteiger partial charge in [0.2, 0.25) is 10.0 Å². The van der Waals surface area contributed by atoms with Crippen LogP contribution in [-0.4, -0.2) is 35.3 Å². The molecular formula is C20H13Cl2FN4O3S. The van der Waals surface area contributed by atoms with Crippen LogP contribution in [0.25, 0.3) is 28.0 Å². The van der Waals surface area contributed by atoms with Crippen molar-refractivity contribution in [3.05, 3.63) is 76.2 Å². The zero-order valence-electron chi connectivity index (χ0n) is 15.8. The molecule has 2 aromatic carbocycles. The minimum absolute atomic E-state index is 0.0534. The summed E-state index contributed by atoms with van der Waals surface area (Å²) in [6.07, 6.45) is 2.10. The van der Waals surface area contributed by atoms with E-state index in [4.69, 9.17) is 23.2 Å². The average molecular weight is 479 g/mol. The molecule has 7 nitrogen and oxygen atoms in total. The second kappa shape index (κ2) is 7.92. The van der Waals surface area contributed by atoms with Gasteiger partial charge in [0.1, 0.15) is 11.5 Å². The number of nitrogens with one attached hydrogen (secondary N) is 1. The van der Waals surface area contributed by atoms with E-state index in [1.807, 2.05) is 4.72 Å². The smallest absolute Gasteiger partial charge is 0.266 e. The molecule has 0 aliphatic carbocycles. The van der Waals surface area contributed by atoms with E-state index in [-0.39, 0.29) is 16.1 Å². The third-order valence-electron chi connectivity index (χ3n) is 4.33. The number of hydrogen-bond donors (Lipinski definition) is 1. The fourth-order valence-corrected chi connectivity index (χ4v) is 3.80. The molecule has 2 aromatic heterocycles. The Bertz CT molecular complexity index is 1440. The Morgan fingerprint density at radius 3 is 2.42 bits per heavy atom. The second-order valence-electron chi connectivity index (χ2n) is 6.65. The largest absolute Gasteiger partial charge is 0.268 e. The molecule has 158 valence electrons. The van der Waals surface area contributed by atoms with Crippen molar-refractivity contribution >= 4 is 50.0 Å². The van der Waals surface area contributed by atoms with Crippen LogP contribution in [0.1, 0.15) is 10.4 Å². The monoisotopic (exact) mass is 478 g/mol. The molecule has 0 spiro atoms. The Kier molecular flexibility index (Phi) is 5.42. The van der Waals surface area contributed by atoms with Crippen LogP contribution >= 0.6 is 23.2 Å². The highest BCUT2D eigenvalue weighted by Crippen LogP contribution is 2.33. The molecule has 0 aliphatic rings. The molecular weight excluding hydrogens is 466 g/mol. The first kappa shape index (κ1) is 21.2. The van der Waals surface area contributed by atoms with Crippen LogP contribution in [-0.2, 0) is 10.0 Å². The number of aromatic nitrogens is 3. The Morgan fingerprint density at radius 1 is 1.06 bits per heavy atom. The number of sulfonamides is 1. The summed E-state index contributed by atoms with van der Waals surface area (Å²) >= 11 is 12.0. The topological polar surface area (TPSA) is 94.0 Å². The zero-order valence-corrected chi connectivity index (χ0v) is 18.1. The SMILES string of the molecule is CS(=O)(=O)NC(=O)c1ccc(-n2nc(-c3ccc(Cl)cc3F)c3cc(Cl)ccc32)nc1. The van der Waals surface area contributed by atoms with E-state index in [0.717, 1.165) is 6.26 Å². The maximum atomic E-state index is 14.6. The number of hydrogen-bond acceptors (Lipinski definition) is 5. The van der Waals surface area contributed by atoms with Crippen LogP contribution in [0.4, 0.5) is 4.39 Å². The molecule has 0 unspecified atom stereocenters. The number of carbonyl (C=O) groups is 1. The van der Waals surface area contributed by atoms with Crippen LogP contribution in [0.5, 0.6) is 0 Å². The summed E-state index contributed by atoms with van der Waals surface area (Å²) in [5.41, 5.74) is 1.24. The minimum Gasteiger partial charge on any atom is -0.268 e. The zero-order chi connectivity index (χ0) is 22.3. The van der Waals surface area contributed by atoms with Crippen LogP contribution in [0.3, 0.4) is 0 Å². The predicted molar refractivity (Wildman–Crippen MR) is 117 cm³/mol. The highest BCUT2D eigenvalue weighted by atomic mass is 35.5. The maximum Gasteiger partial charge on any atom is 0.266 e. The predicted octanol–water partition coefficient (Wildman–Crippen LogP) is 4.22. The van der Waals surface area contributed by atoms with Crippen molar-refractivity contribution in [1.82, 2.24) is 19.5 Å². The molecule has 1 N–H and O–H groups in total. The number of fused-ring (bicyclic) bond motifs is 1. The van der Waals surface area contributed by atoms with Crippen LogP contribution < -0.4 is 4.72 Å². The number of halogens is 3. The molecule has 11 heteroatoms. The molecule has 0 aliphatic heterocycles. The Labute approximate surface area is 186 Å². The van der Waals surface area contributed by atoms with Gasteiger partial charge in [-0.15, -0.1) is 0 Å². The molecule has 4 rings (SSSR count). The Morgan fingerprint density at radius 2 is 1.77 bits per heavy atom. The fourth-order valence-electron chi connectivity index (χ4n) is 3.02. The molecule has 0 atom stereocenters. The van der Waals surface area contributed by atoms with Gasteiger partial charge in [0.15, 0.2) is 5.82 Å². The van der Waals surface area contributed by atoms with E-state index < -0.39 is 21.7 Å². The molecule has 0 bridgehead atoms. The first-order valence-electron chi connectivity index (χ1n) is 8.74. The molecule has 0 saturated carbocycles. The van der Waals surface area contributed by atoms with Crippen molar-refractivity contribution in [3.8, 4) is 17.1 Å². The summed E-state index contributed by atoms with van der Waals surface area (Å²) in [5.74, 6) is -1.01. The van der Waals surface area contributed by atoms with Crippen LogP contribution in [0.2, 0.25) is 10.0 Å². The summed E-state index contributed by atoms with van der Waals surface area (Å²) in [6, 6.07) is 12.2. The van der Waals surface area contributed by atoms with Gasteiger partial charge < -0.3 is 0 Å². The summed E-state index contributed by atoms with van der Waals surface area (Å²) in [6.45, 7) is 0. The van der Waals surface area contributed by atoms with Gasteiger partial charge in [0.25, 0.3) is 5.91 Å². The quantitative estimate of drug-likeness (QED) is 0.473. The first-order chi connectivity index (χ1) is 14.6. The number of pyridine rings is 1. The van der Waals surface area contributed by atoms with Crippen molar-refractivity contribution in [1.29, 1.82) is 0 Å². The van der Waals surface area contributed by atoms with E-state index in [1.54, 1.807) is 24.3 Å². The van der Waals surface area contributed by atoms with Crippen molar-refractivity contribution < 1.29 is 17.6 Å². The van der Waals surface area contributed by atoms with E-state index >= 15 is 0 Å². The van der Waals surface area contributed by atoms with Gasteiger partial charge in [-0.05, 0) is 48.5 Å². The third kappa shape index (κ3) is 4.39. The lowest BCUT2D eigenvalue weighted by Crippen LogP contribution is -2.29. The van der Waals surface area contributed by atoms with Crippen molar-refractivity contribution in [2.75, 3.05) is 6.26 Å². The second-order valence-corrected chi connectivity index (χ2v) is 9.28. The number of nitrogens with zero attached hydrogens (tertiary/aromatic N) is 3. The summed E-state index contributed by atoms with van der Waals surface area (Å²) < 4.78 is 40.4. The summed E-state index contributed by atoms with van der Waals surface area (Å²) in [7, 11) is -3.70. The van der Waals surface area contributed by atoms with E-state index in [2.05, 4.69) is 10.1 Å². The number of benzene rings is 2. The van der Waals surface area contributed by atoms with Gasteiger partial charge in [-0.2, -0.15) is 5.10 Å². The Balaban J connectivity index is 1.83. The highest BCUT2D eigenvalue weighted by molar-refractivity contribution is 7.89. The van der Waals surface area contributed by atoms with E-state index in [1.165, 1.54) is 35.1 Å². The molecule has 1 amide bonds. The van der Waals surface area contributed by atoms with Gasteiger partial charge >= 0.3 is 0 Å². The minimum atomic E-state index is -3.70. The van der Waals surface area contributed by atoms with Gasteiger partial charge in [-0.3, -0.25) is 4.79 Å². The average Bonchev–Trinajstić information content (AvgIpc) is 3.05. The van der Waals surface area contributed by atoms with Crippen molar-refractivity contribution in [3.63, 3.8) is 0 Å². The van der Waals surface area contributed by atoms with Gasteiger partial charge in [-0.25, -0.2) is 27.2 Å². The highest BCUT2D eigenvalue weighted by Gasteiger charge is 2.18. The molecule has 2 heterocycles. The molecule has 0 saturated heterocycles. The van der Waals surface area contributed by atoms with Gasteiger partial charge in [0, 0.05) is 27.2 Å². The summed E-state index contributed by atoms with van der Waals surface area (Å²) in [4.78, 5) is 16.2. The lowest BCUT2D eigenvalue weighted by molar-refractivity contribution is 0.0981. The molecule has 4 aromatic rings. The molecule has 0 fully saturated rings. The lowest BCUT2D eigenvalue weighted by atomic mass is 10.1. The van der Waals surface area contributed by atoms with Gasteiger partial charge in [-0.1, -0.05) is 23.2 Å². The lowest BCUT2D eigenvalue weighted by Gasteiger charge is -2.05. The fraction of sp³-hybridized carbons (Fsp3) is 0.0500. The van der Waals surface area contributed by atoms with E-state index in [9.17, 15) is 17.6 Å². The first-order valence-corrected chi connectivity index (χ1v) is 11.4. The van der Waals surface area contributed by atoms with E-state index in [0.29, 0.717) is 27.4 Å². The third-order valence-corrected chi connectivity index (χ3v) is 5.36. The normalized spacial score (nSPS) is 11.6. The maximum absolute atomic E-state index is 14.6. The van der Waals surface area contributed by atoms with Crippen molar-refractivity contribution in [2.24, 2.45) is 0 Å². The Hall–Kier alpha value is -3.01. The molecule has 31 heavy (non-hydrogen) atoms. The number of amides is 1. The van der Waals surface area contributed by atoms with Crippen LogP contribution in [0, 0.1) is 5.82 Å². The molecule has 0 radical (unpaired) electrons.